The lowest BCUT2D eigenvalue weighted by atomic mass is 9.99. The van der Waals surface area contributed by atoms with Crippen LogP contribution in [0.1, 0.15) is 18.1 Å². The molecule has 0 aliphatic rings. The Kier molecular flexibility index (Phi) is 2.93. The van der Waals surface area contributed by atoms with Crippen LogP contribution in [0.2, 0.25) is 0 Å². The van der Waals surface area contributed by atoms with Crippen molar-refractivity contribution in [3.8, 4) is 0 Å². The second kappa shape index (κ2) is 4.56. The van der Waals surface area contributed by atoms with Crippen LogP contribution in [-0.4, -0.2) is 4.98 Å². The van der Waals surface area contributed by atoms with Crippen LogP contribution in [0.15, 0.2) is 60.9 Å². The molecule has 0 saturated carbocycles. The van der Waals surface area contributed by atoms with Gasteiger partial charge in [0.1, 0.15) is 0 Å². The maximum Gasteiger partial charge on any atom is 0.0273 e. The highest BCUT2D eigenvalue weighted by Crippen LogP contribution is 2.21. The summed E-state index contributed by atoms with van der Waals surface area (Å²) in [6.45, 7) is 2.06. The fourth-order valence-electron chi connectivity index (χ4n) is 1.65. The molecule has 74 valence electrons. The Labute approximate surface area is 90.1 Å². The van der Waals surface area contributed by atoms with Gasteiger partial charge in [0.25, 0.3) is 0 Å². The Morgan fingerprint density at radius 3 is 2.13 bits per heavy atom. The van der Waals surface area contributed by atoms with Crippen molar-refractivity contribution >= 4 is 5.57 Å². The largest absolute Gasteiger partial charge is 0.265 e. The Balaban J connectivity index is 2.44. The van der Waals surface area contributed by atoms with Gasteiger partial charge in [-0.05, 0) is 35.8 Å². The average Bonchev–Trinajstić information content (AvgIpc) is 2.33. The van der Waals surface area contributed by atoms with E-state index < -0.39 is 0 Å². The number of rotatable bonds is 2. The van der Waals surface area contributed by atoms with Gasteiger partial charge in [0, 0.05) is 12.4 Å². The van der Waals surface area contributed by atoms with Crippen LogP contribution >= 0.6 is 0 Å². The molecule has 0 unspecified atom stereocenters. The number of nitrogens with zero attached hydrogens (tertiary/aromatic N) is 1. The molecule has 0 saturated heterocycles. The van der Waals surface area contributed by atoms with Gasteiger partial charge in [-0.25, -0.2) is 0 Å². The van der Waals surface area contributed by atoms with Gasteiger partial charge >= 0.3 is 0 Å². The first-order valence-electron chi connectivity index (χ1n) is 5.04. The molecule has 1 aromatic heterocycles. The van der Waals surface area contributed by atoms with Gasteiger partial charge in [-0.15, -0.1) is 0 Å². The Morgan fingerprint density at radius 1 is 0.933 bits per heavy atom. The lowest BCUT2D eigenvalue weighted by Gasteiger charge is -2.06. The standard InChI is InChI=1S/C14H13N/c1-2-14(12-6-4-3-5-7-12)13-8-10-15-11-9-13/h2-11H,1H3. The van der Waals surface area contributed by atoms with E-state index in [9.17, 15) is 0 Å². The number of aromatic nitrogens is 1. The summed E-state index contributed by atoms with van der Waals surface area (Å²) in [4.78, 5) is 4.03. The Hall–Kier alpha value is -1.89. The molecular weight excluding hydrogens is 182 g/mol. The summed E-state index contributed by atoms with van der Waals surface area (Å²) >= 11 is 0. The van der Waals surface area contributed by atoms with Gasteiger partial charge in [0.2, 0.25) is 0 Å². The van der Waals surface area contributed by atoms with Crippen LogP contribution in [0.5, 0.6) is 0 Å². The highest BCUT2D eigenvalue weighted by Gasteiger charge is 2.01. The zero-order chi connectivity index (χ0) is 10.5. The Bertz CT molecular complexity index is 402. The maximum atomic E-state index is 4.03. The van der Waals surface area contributed by atoms with Crippen molar-refractivity contribution in [2.24, 2.45) is 0 Å². The van der Waals surface area contributed by atoms with Gasteiger partial charge in [-0.1, -0.05) is 36.4 Å². The minimum atomic E-state index is 1.21. The molecule has 0 fully saturated rings. The van der Waals surface area contributed by atoms with Crippen molar-refractivity contribution in [3.63, 3.8) is 0 Å². The van der Waals surface area contributed by atoms with Crippen LogP contribution in [-0.2, 0) is 0 Å². The molecule has 1 aromatic carbocycles. The summed E-state index contributed by atoms with van der Waals surface area (Å²) in [5.41, 5.74) is 3.70. The summed E-state index contributed by atoms with van der Waals surface area (Å²) in [6.07, 6.45) is 5.77. The molecule has 1 nitrogen and oxygen atoms in total. The first-order valence-corrected chi connectivity index (χ1v) is 5.04. The molecule has 0 spiro atoms. The minimum Gasteiger partial charge on any atom is -0.265 e. The van der Waals surface area contributed by atoms with E-state index in [4.69, 9.17) is 0 Å². The topological polar surface area (TPSA) is 12.9 Å². The second-order valence-corrected chi connectivity index (χ2v) is 3.30. The molecular formula is C14H13N. The van der Waals surface area contributed by atoms with Gasteiger partial charge < -0.3 is 0 Å². The highest BCUT2D eigenvalue weighted by molar-refractivity contribution is 5.79. The molecule has 0 N–H and O–H groups in total. The lowest BCUT2D eigenvalue weighted by molar-refractivity contribution is 1.31. The summed E-state index contributed by atoms with van der Waals surface area (Å²) in [5, 5.41) is 0. The summed E-state index contributed by atoms with van der Waals surface area (Å²) in [6, 6.07) is 14.4. The number of allylic oxidation sites excluding steroid dienone is 1. The SMILES string of the molecule is CC=C(c1ccccc1)c1ccncc1. The van der Waals surface area contributed by atoms with Crippen molar-refractivity contribution in [1.29, 1.82) is 0 Å². The number of pyridine rings is 1. The number of hydrogen-bond donors (Lipinski definition) is 0. The molecule has 0 amide bonds. The van der Waals surface area contributed by atoms with E-state index in [1.807, 2.05) is 30.6 Å². The average molecular weight is 195 g/mol. The Morgan fingerprint density at radius 2 is 1.53 bits per heavy atom. The van der Waals surface area contributed by atoms with E-state index in [0.29, 0.717) is 0 Å². The smallest absolute Gasteiger partial charge is 0.0273 e. The molecule has 2 aromatic rings. The number of benzene rings is 1. The monoisotopic (exact) mass is 195 g/mol. The van der Waals surface area contributed by atoms with Gasteiger partial charge in [-0.3, -0.25) is 4.98 Å². The van der Waals surface area contributed by atoms with E-state index in [1.54, 1.807) is 0 Å². The zero-order valence-corrected chi connectivity index (χ0v) is 8.72. The fourth-order valence-corrected chi connectivity index (χ4v) is 1.65. The predicted octanol–water partition coefficient (Wildman–Crippen LogP) is 3.53. The molecule has 1 heteroatoms. The van der Waals surface area contributed by atoms with Crippen molar-refractivity contribution in [3.05, 3.63) is 72.1 Å². The van der Waals surface area contributed by atoms with E-state index in [0.717, 1.165) is 0 Å². The minimum absolute atomic E-state index is 1.21. The van der Waals surface area contributed by atoms with Gasteiger partial charge in [0.05, 0.1) is 0 Å². The van der Waals surface area contributed by atoms with Crippen molar-refractivity contribution in [2.45, 2.75) is 6.92 Å². The highest BCUT2D eigenvalue weighted by atomic mass is 14.6. The molecule has 0 aliphatic carbocycles. The van der Waals surface area contributed by atoms with E-state index in [-0.39, 0.29) is 0 Å². The normalized spacial score (nSPS) is 11.4. The molecule has 0 atom stereocenters. The zero-order valence-electron chi connectivity index (χ0n) is 8.72. The van der Waals surface area contributed by atoms with Crippen molar-refractivity contribution in [2.75, 3.05) is 0 Å². The van der Waals surface area contributed by atoms with E-state index >= 15 is 0 Å². The molecule has 15 heavy (non-hydrogen) atoms. The van der Waals surface area contributed by atoms with E-state index in [1.165, 1.54) is 16.7 Å². The van der Waals surface area contributed by atoms with Crippen LogP contribution in [0.3, 0.4) is 0 Å². The summed E-state index contributed by atoms with van der Waals surface area (Å²) < 4.78 is 0. The molecule has 1 heterocycles. The van der Waals surface area contributed by atoms with Gasteiger partial charge in [-0.2, -0.15) is 0 Å². The quantitative estimate of drug-likeness (QED) is 0.714. The third kappa shape index (κ3) is 2.13. The molecule has 2 rings (SSSR count). The van der Waals surface area contributed by atoms with Crippen LogP contribution in [0, 0.1) is 0 Å². The predicted molar refractivity (Wildman–Crippen MR) is 63.4 cm³/mol. The number of hydrogen-bond acceptors (Lipinski definition) is 1. The summed E-state index contributed by atoms with van der Waals surface area (Å²) in [5.74, 6) is 0. The molecule has 0 aliphatic heterocycles. The first kappa shape index (κ1) is 9.66. The van der Waals surface area contributed by atoms with Crippen LogP contribution < -0.4 is 0 Å². The van der Waals surface area contributed by atoms with Gasteiger partial charge in [0.15, 0.2) is 0 Å². The fraction of sp³-hybridized carbons (Fsp3) is 0.0714. The van der Waals surface area contributed by atoms with Crippen molar-refractivity contribution in [1.82, 2.24) is 4.98 Å². The molecule has 0 bridgehead atoms. The lowest BCUT2D eigenvalue weighted by Crippen LogP contribution is -1.87. The van der Waals surface area contributed by atoms with E-state index in [2.05, 4.69) is 42.2 Å². The maximum absolute atomic E-state index is 4.03. The van der Waals surface area contributed by atoms with Crippen LogP contribution in [0.4, 0.5) is 0 Å². The van der Waals surface area contributed by atoms with Crippen LogP contribution in [0.25, 0.3) is 5.57 Å². The molecule has 0 radical (unpaired) electrons. The first-order chi connectivity index (χ1) is 7.42. The third-order valence-electron chi connectivity index (χ3n) is 2.36. The summed E-state index contributed by atoms with van der Waals surface area (Å²) in [7, 11) is 0. The second-order valence-electron chi connectivity index (χ2n) is 3.30. The van der Waals surface area contributed by atoms with Crippen molar-refractivity contribution < 1.29 is 0 Å². The third-order valence-corrected chi connectivity index (χ3v) is 2.36.